The molecule has 2 aromatic heterocycles. The number of benzene rings is 4. The van der Waals surface area contributed by atoms with Crippen LogP contribution in [0.4, 0.5) is 5.69 Å². The molecule has 0 saturated heterocycles. The topological polar surface area (TPSA) is 91.9 Å². The summed E-state index contributed by atoms with van der Waals surface area (Å²) in [6.07, 6.45) is 1.86. The van der Waals surface area contributed by atoms with E-state index in [1.54, 1.807) is 24.3 Å². The fourth-order valence-corrected chi connectivity index (χ4v) is 6.46. The van der Waals surface area contributed by atoms with Gasteiger partial charge in [0.2, 0.25) is 5.91 Å². The SMILES string of the molecule is CC(C)(C)C(=O)Nc1ccc(-c2cnc3[nH]c4ccc(CS(=O)(=O)c5ccccc5)cc4c3c2-c2ccccc2)cc1. The number of hydrogen-bond donors (Lipinski definition) is 2. The van der Waals surface area contributed by atoms with Gasteiger partial charge in [0, 0.05) is 44.7 Å². The fraction of sp³-hybridized carbons (Fsp3) is 0.143. The molecule has 1 amide bonds. The highest BCUT2D eigenvalue weighted by Crippen LogP contribution is 2.41. The summed E-state index contributed by atoms with van der Waals surface area (Å²) in [5, 5.41) is 4.82. The van der Waals surface area contributed by atoms with Crippen LogP contribution in [0.15, 0.2) is 114 Å². The largest absolute Gasteiger partial charge is 0.339 e. The number of amides is 1. The summed E-state index contributed by atoms with van der Waals surface area (Å²) in [5.74, 6) is -0.151. The molecule has 0 atom stereocenters. The van der Waals surface area contributed by atoms with E-state index in [0.29, 0.717) is 10.5 Å². The summed E-state index contributed by atoms with van der Waals surface area (Å²) in [4.78, 5) is 21.0. The van der Waals surface area contributed by atoms with Crippen LogP contribution in [0.25, 0.3) is 44.2 Å². The van der Waals surface area contributed by atoms with Gasteiger partial charge in [-0.25, -0.2) is 13.4 Å². The first kappa shape index (κ1) is 27.4. The third-order valence-corrected chi connectivity index (χ3v) is 9.05. The van der Waals surface area contributed by atoms with Gasteiger partial charge >= 0.3 is 0 Å². The van der Waals surface area contributed by atoms with Gasteiger partial charge in [0.15, 0.2) is 9.84 Å². The molecule has 0 saturated carbocycles. The van der Waals surface area contributed by atoms with Crippen molar-refractivity contribution < 1.29 is 13.2 Å². The number of rotatable bonds is 6. The standard InChI is InChI=1S/C35H31N3O3S/c1-35(2,3)34(39)37-26-17-15-24(16-18-26)29-21-36-33-32(31(29)25-10-6-4-7-11-25)28-20-23(14-19-30(28)38-33)22-42(40,41)27-12-8-5-9-13-27/h4-21H,22H2,1-3H3,(H,36,38)(H,37,39). The number of aromatic amines is 1. The number of anilines is 1. The molecule has 210 valence electrons. The summed E-state index contributed by atoms with van der Waals surface area (Å²) >= 11 is 0. The molecule has 6 aromatic rings. The molecule has 4 aromatic carbocycles. The molecular formula is C35H31N3O3S. The van der Waals surface area contributed by atoms with Crippen molar-refractivity contribution in [3.63, 3.8) is 0 Å². The summed E-state index contributed by atoms with van der Waals surface area (Å²) in [6, 6.07) is 32.2. The second-order valence-electron chi connectivity index (χ2n) is 11.5. The van der Waals surface area contributed by atoms with E-state index in [0.717, 1.165) is 49.9 Å². The van der Waals surface area contributed by atoms with E-state index in [2.05, 4.69) is 22.4 Å². The van der Waals surface area contributed by atoms with Gasteiger partial charge in [-0.2, -0.15) is 0 Å². The Hall–Kier alpha value is -4.75. The lowest BCUT2D eigenvalue weighted by atomic mass is 9.92. The van der Waals surface area contributed by atoms with Gasteiger partial charge in [0.1, 0.15) is 5.65 Å². The Balaban J connectivity index is 1.49. The zero-order chi connectivity index (χ0) is 29.5. The number of carbonyl (C=O) groups is 1. The summed E-state index contributed by atoms with van der Waals surface area (Å²) in [7, 11) is -3.51. The molecule has 2 N–H and O–H groups in total. The Kier molecular flexibility index (Phi) is 6.91. The molecule has 7 heteroatoms. The maximum Gasteiger partial charge on any atom is 0.229 e. The molecule has 6 rings (SSSR count). The average Bonchev–Trinajstić information content (AvgIpc) is 3.35. The Morgan fingerprint density at radius 3 is 2.17 bits per heavy atom. The van der Waals surface area contributed by atoms with Crippen LogP contribution >= 0.6 is 0 Å². The molecule has 0 radical (unpaired) electrons. The number of aromatic nitrogens is 2. The van der Waals surface area contributed by atoms with Crippen molar-refractivity contribution in [2.24, 2.45) is 5.41 Å². The van der Waals surface area contributed by atoms with Gasteiger partial charge in [0.05, 0.1) is 10.6 Å². The first-order valence-corrected chi connectivity index (χ1v) is 15.4. The van der Waals surface area contributed by atoms with E-state index >= 15 is 0 Å². The van der Waals surface area contributed by atoms with Crippen LogP contribution in [-0.2, 0) is 20.4 Å². The van der Waals surface area contributed by atoms with E-state index < -0.39 is 15.3 Å². The van der Waals surface area contributed by atoms with Crippen molar-refractivity contribution >= 4 is 43.4 Å². The van der Waals surface area contributed by atoms with Gasteiger partial charge < -0.3 is 10.3 Å². The molecule has 42 heavy (non-hydrogen) atoms. The van der Waals surface area contributed by atoms with Crippen LogP contribution in [0.2, 0.25) is 0 Å². The molecule has 0 bridgehead atoms. The minimum Gasteiger partial charge on any atom is -0.339 e. The number of nitrogens with one attached hydrogen (secondary N) is 2. The van der Waals surface area contributed by atoms with Crippen LogP contribution in [-0.4, -0.2) is 24.3 Å². The fourth-order valence-electron chi connectivity index (χ4n) is 5.10. The predicted octanol–water partition coefficient (Wildman–Crippen LogP) is 8.01. The third kappa shape index (κ3) is 5.31. The van der Waals surface area contributed by atoms with Crippen molar-refractivity contribution in [1.29, 1.82) is 0 Å². The monoisotopic (exact) mass is 573 g/mol. The minimum absolute atomic E-state index is 0.0489. The van der Waals surface area contributed by atoms with Gasteiger partial charge in [-0.15, -0.1) is 0 Å². The molecule has 0 unspecified atom stereocenters. The Morgan fingerprint density at radius 1 is 0.833 bits per heavy atom. The van der Waals surface area contributed by atoms with Gasteiger partial charge in [-0.3, -0.25) is 4.79 Å². The normalized spacial score (nSPS) is 12.1. The van der Waals surface area contributed by atoms with Gasteiger partial charge in [-0.1, -0.05) is 87.5 Å². The lowest BCUT2D eigenvalue weighted by Crippen LogP contribution is -2.27. The van der Waals surface area contributed by atoms with Gasteiger partial charge in [0.25, 0.3) is 0 Å². The maximum atomic E-state index is 13.2. The number of H-pyrrole nitrogens is 1. The summed E-state index contributed by atoms with van der Waals surface area (Å²) in [5.41, 5.74) is 6.45. The molecular weight excluding hydrogens is 542 g/mol. The quantitative estimate of drug-likeness (QED) is 0.211. The summed E-state index contributed by atoms with van der Waals surface area (Å²) in [6.45, 7) is 5.65. The smallest absolute Gasteiger partial charge is 0.229 e. The second kappa shape index (κ2) is 10.6. The van der Waals surface area contributed by atoms with Gasteiger partial charge in [-0.05, 0) is 53.1 Å². The number of fused-ring (bicyclic) bond motifs is 3. The van der Waals surface area contributed by atoms with E-state index in [-0.39, 0.29) is 11.7 Å². The van der Waals surface area contributed by atoms with Crippen LogP contribution in [0.3, 0.4) is 0 Å². The zero-order valence-corrected chi connectivity index (χ0v) is 24.5. The molecule has 0 fully saturated rings. The lowest BCUT2D eigenvalue weighted by Gasteiger charge is -2.18. The molecule has 6 nitrogen and oxygen atoms in total. The summed E-state index contributed by atoms with van der Waals surface area (Å²) < 4.78 is 26.3. The maximum absolute atomic E-state index is 13.2. The van der Waals surface area contributed by atoms with E-state index in [1.807, 2.05) is 93.7 Å². The number of sulfone groups is 1. The number of pyridine rings is 1. The minimum atomic E-state index is -3.51. The van der Waals surface area contributed by atoms with Crippen LogP contribution < -0.4 is 5.32 Å². The van der Waals surface area contributed by atoms with Crippen LogP contribution in [0.1, 0.15) is 26.3 Å². The lowest BCUT2D eigenvalue weighted by molar-refractivity contribution is -0.123. The highest BCUT2D eigenvalue weighted by atomic mass is 32.2. The highest BCUT2D eigenvalue weighted by molar-refractivity contribution is 7.90. The zero-order valence-electron chi connectivity index (χ0n) is 23.7. The van der Waals surface area contributed by atoms with Crippen molar-refractivity contribution in [3.8, 4) is 22.3 Å². The molecule has 0 aliphatic carbocycles. The second-order valence-corrected chi connectivity index (χ2v) is 13.5. The highest BCUT2D eigenvalue weighted by Gasteiger charge is 2.22. The van der Waals surface area contributed by atoms with Crippen LogP contribution in [0, 0.1) is 5.41 Å². The van der Waals surface area contributed by atoms with Crippen molar-refractivity contribution in [1.82, 2.24) is 9.97 Å². The third-order valence-electron chi connectivity index (χ3n) is 7.34. The number of nitrogens with zero attached hydrogens (tertiary/aromatic N) is 1. The number of hydrogen-bond acceptors (Lipinski definition) is 4. The predicted molar refractivity (Wildman–Crippen MR) is 170 cm³/mol. The van der Waals surface area contributed by atoms with Crippen molar-refractivity contribution in [2.45, 2.75) is 31.4 Å². The molecule has 0 aliphatic rings. The Bertz CT molecular complexity index is 2030. The van der Waals surface area contributed by atoms with Crippen molar-refractivity contribution in [2.75, 3.05) is 5.32 Å². The molecule has 0 spiro atoms. The van der Waals surface area contributed by atoms with E-state index in [9.17, 15) is 13.2 Å². The number of carbonyl (C=O) groups excluding carboxylic acids is 1. The van der Waals surface area contributed by atoms with Crippen LogP contribution in [0.5, 0.6) is 0 Å². The first-order chi connectivity index (χ1) is 20.1. The Labute approximate surface area is 245 Å². The first-order valence-electron chi connectivity index (χ1n) is 13.8. The molecule has 2 heterocycles. The van der Waals surface area contributed by atoms with Crippen molar-refractivity contribution in [3.05, 3.63) is 115 Å². The van der Waals surface area contributed by atoms with E-state index in [1.165, 1.54) is 0 Å². The average molecular weight is 574 g/mol. The molecule has 0 aliphatic heterocycles. The van der Waals surface area contributed by atoms with E-state index in [4.69, 9.17) is 4.98 Å². The Morgan fingerprint density at radius 2 is 1.50 bits per heavy atom.